The highest BCUT2D eigenvalue weighted by atomic mass is 35.5. The first-order valence-corrected chi connectivity index (χ1v) is 8.69. The van der Waals surface area contributed by atoms with E-state index in [-0.39, 0.29) is 24.2 Å². The molecule has 2 fully saturated rings. The van der Waals surface area contributed by atoms with Crippen LogP contribution in [0.15, 0.2) is 24.3 Å². The molecule has 124 valence electrons. The van der Waals surface area contributed by atoms with E-state index in [1.165, 1.54) is 0 Å². The Kier molecular flexibility index (Phi) is 4.90. The molecule has 4 nitrogen and oxygen atoms in total. The number of benzene rings is 1. The van der Waals surface area contributed by atoms with Crippen LogP contribution in [0.25, 0.3) is 0 Å². The fraction of sp³-hybridized carbons (Fsp3) is 0.556. The second-order valence-electron chi connectivity index (χ2n) is 6.70. The monoisotopic (exact) mass is 335 g/mol. The summed E-state index contributed by atoms with van der Waals surface area (Å²) in [6.07, 6.45) is 3.73. The Morgan fingerprint density at radius 3 is 2.83 bits per heavy atom. The number of carbonyl (C=O) groups is 2. The number of rotatable bonds is 5. The average molecular weight is 336 g/mol. The van der Waals surface area contributed by atoms with Gasteiger partial charge in [0.05, 0.1) is 0 Å². The highest BCUT2D eigenvalue weighted by molar-refractivity contribution is 6.31. The number of carboxylic acids is 1. The predicted molar refractivity (Wildman–Crippen MR) is 88.5 cm³/mol. The number of piperidine rings is 1. The Morgan fingerprint density at radius 2 is 2.09 bits per heavy atom. The maximum Gasteiger partial charge on any atom is 0.303 e. The van der Waals surface area contributed by atoms with Crippen LogP contribution in [-0.2, 0) is 9.59 Å². The van der Waals surface area contributed by atoms with Crippen LogP contribution in [-0.4, -0.2) is 35.0 Å². The second kappa shape index (κ2) is 6.91. The van der Waals surface area contributed by atoms with E-state index in [4.69, 9.17) is 16.7 Å². The highest BCUT2D eigenvalue weighted by Crippen LogP contribution is 2.50. The molecule has 0 aromatic heterocycles. The number of hydrogen-bond donors (Lipinski definition) is 1. The van der Waals surface area contributed by atoms with E-state index < -0.39 is 5.97 Å². The zero-order valence-electron chi connectivity index (χ0n) is 13.1. The summed E-state index contributed by atoms with van der Waals surface area (Å²) in [5.74, 6) is 0.0782. The molecule has 3 unspecified atom stereocenters. The van der Waals surface area contributed by atoms with Crippen molar-refractivity contribution in [1.82, 2.24) is 4.90 Å². The van der Waals surface area contributed by atoms with Gasteiger partial charge in [0.1, 0.15) is 0 Å². The number of carboxylic acid groups (broad SMARTS) is 1. The largest absolute Gasteiger partial charge is 0.481 e. The molecule has 1 heterocycles. The molecule has 1 saturated carbocycles. The topological polar surface area (TPSA) is 57.6 Å². The van der Waals surface area contributed by atoms with Gasteiger partial charge in [-0.05, 0) is 49.1 Å². The SMILES string of the molecule is O=C(O)CCC1CCCN(C(=O)C2CC2c2ccccc2Cl)C1. The fourth-order valence-corrected chi connectivity index (χ4v) is 3.93. The fourth-order valence-electron chi connectivity index (χ4n) is 3.65. The summed E-state index contributed by atoms with van der Waals surface area (Å²) in [5.41, 5.74) is 1.08. The molecule has 1 amide bonds. The number of hydrogen-bond acceptors (Lipinski definition) is 2. The van der Waals surface area contributed by atoms with E-state index in [9.17, 15) is 9.59 Å². The van der Waals surface area contributed by atoms with Crippen LogP contribution in [0.3, 0.4) is 0 Å². The van der Waals surface area contributed by atoms with Gasteiger partial charge in [-0.2, -0.15) is 0 Å². The Hall–Kier alpha value is -1.55. The molecule has 3 atom stereocenters. The molecular formula is C18H22ClNO3. The first kappa shape index (κ1) is 16.3. The van der Waals surface area contributed by atoms with E-state index >= 15 is 0 Å². The maximum atomic E-state index is 12.7. The minimum absolute atomic E-state index is 0.0492. The quantitative estimate of drug-likeness (QED) is 0.895. The lowest BCUT2D eigenvalue weighted by Gasteiger charge is -2.33. The molecule has 0 radical (unpaired) electrons. The van der Waals surface area contributed by atoms with Crippen molar-refractivity contribution in [3.8, 4) is 0 Å². The number of aliphatic carboxylic acids is 1. The Morgan fingerprint density at radius 1 is 1.30 bits per heavy atom. The van der Waals surface area contributed by atoms with E-state index in [2.05, 4.69) is 0 Å². The molecule has 1 aliphatic carbocycles. The number of nitrogens with zero attached hydrogens (tertiary/aromatic N) is 1. The molecule has 1 N–H and O–H groups in total. The predicted octanol–water partition coefficient (Wildman–Crippen LogP) is 3.55. The summed E-state index contributed by atoms with van der Waals surface area (Å²) in [4.78, 5) is 25.4. The van der Waals surface area contributed by atoms with Crippen molar-refractivity contribution in [2.45, 2.75) is 38.0 Å². The summed E-state index contributed by atoms with van der Waals surface area (Å²) in [7, 11) is 0. The minimum atomic E-state index is -0.755. The lowest BCUT2D eigenvalue weighted by Crippen LogP contribution is -2.41. The molecule has 0 bridgehead atoms. The molecule has 1 aromatic carbocycles. The van der Waals surface area contributed by atoms with Crippen LogP contribution in [0, 0.1) is 11.8 Å². The molecule has 2 aliphatic rings. The van der Waals surface area contributed by atoms with Crippen molar-refractivity contribution in [2.75, 3.05) is 13.1 Å². The summed E-state index contributed by atoms with van der Waals surface area (Å²) < 4.78 is 0. The second-order valence-corrected chi connectivity index (χ2v) is 7.10. The van der Waals surface area contributed by atoms with Gasteiger partial charge in [0.15, 0.2) is 0 Å². The molecule has 1 aliphatic heterocycles. The third-order valence-electron chi connectivity index (χ3n) is 5.01. The van der Waals surface area contributed by atoms with Crippen molar-refractivity contribution in [3.05, 3.63) is 34.9 Å². The van der Waals surface area contributed by atoms with Crippen molar-refractivity contribution < 1.29 is 14.7 Å². The molecule has 0 spiro atoms. The average Bonchev–Trinajstić information content (AvgIpc) is 3.33. The van der Waals surface area contributed by atoms with Gasteiger partial charge in [-0.25, -0.2) is 0 Å². The first-order chi connectivity index (χ1) is 11.1. The molecule has 1 saturated heterocycles. The van der Waals surface area contributed by atoms with Gasteiger partial charge < -0.3 is 10.0 Å². The van der Waals surface area contributed by atoms with E-state index in [1.54, 1.807) is 0 Å². The number of carbonyl (C=O) groups excluding carboxylic acids is 1. The van der Waals surface area contributed by atoms with Crippen molar-refractivity contribution in [1.29, 1.82) is 0 Å². The zero-order valence-corrected chi connectivity index (χ0v) is 13.8. The summed E-state index contributed by atoms with van der Waals surface area (Å²) in [5, 5.41) is 9.55. The van der Waals surface area contributed by atoms with Crippen LogP contribution >= 0.6 is 11.6 Å². The van der Waals surface area contributed by atoms with Crippen molar-refractivity contribution >= 4 is 23.5 Å². The van der Waals surface area contributed by atoms with Crippen LogP contribution < -0.4 is 0 Å². The van der Waals surface area contributed by atoms with Gasteiger partial charge >= 0.3 is 5.97 Å². The number of halogens is 1. The molecular weight excluding hydrogens is 314 g/mol. The van der Waals surface area contributed by atoms with Gasteiger partial charge in [-0.3, -0.25) is 9.59 Å². The van der Waals surface area contributed by atoms with Crippen LogP contribution in [0.1, 0.15) is 43.6 Å². The van der Waals surface area contributed by atoms with Gasteiger partial charge in [-0.15, -0.1) is 0 Å². The van der Waals surface area contributed by atoms with Crippen LogP contribution in [0.4, 0.5) is 0 Å². The Balaban J connectivity index is 1.57. The van der Waals surface area contributed by atoms with E-state index in [1.807, 2.05) is 29.2 Å². The summed E-state index contributed by atoms with van der Waals surface area (Å²) in [6, 6.07) is 7.75. The molecule has 5 heteroatoms. The first-order valence-electron chi connectivity index (χ1n) is 8.31. The summed E-state index contributed by atoms with van der Waals surface area (Å²) >= 11 is 6.23. The lowest BCUT2D eigenvalue weighted by molar-refractivity contribution is -0.137. The smallest absolute Gasteiger partial charge is 0.303 e. The zero-order chi connectivity index (χ0) is 16.4. The Bertz CT molecular complexity index is 604. The third kappa shape index (κ3) is 3.86. The van der Waals surface area contributed by atoms with Crippen molar-refractivity contribution in [3.63, 3.8) is 0 Å². The van der Waals surface area contributed by atoms with Gasteiger partial charge in [0.25, 0.3) is 0 Å². The van der Waals surface area contributed by atoms with Crippen LogP contribution in [0.5, 0.6) is 0 Å². The third-order valence-corrected chi connectivity index (χ3v) is 5.35. The lowest BCUT2D eigenvalue weighted by atomic mass is 9.93. The molecule has 1 aromatic rings. The number of likely N-dealkylation sites (tertiary alicyclic amines) is 1. The van der Waals surface area contributed by atoms with Gasteiger partial charge in [0.2, 0.25) is 5.91 Å². The van der Waals surface area contributed by atoms with Gasteiger partial charge in [0, 0.05) is 30.5 Å². The van der Waals surface area contributed by atoms with Gasteiger partial charge in [-0.1, -0.05) is 29.8 Å². The standard InChI is InChI=1S/C18H22ClNO3/c19-16-6-2-1-5-13(16)14-10-15(14)18(23)20-9-3-4-12(11-20)7-8-17(21)22/h1-2,5-6,12,14-15H,3-4,7-11H2,(H,21,22). The van der Waals surface area contributed by atoms with Crippen LogP contribution in [0.2, 0.25) is 5.02 Å². The van der Waals surface area contributed by atoms with E-state index in [0.717, 1.165) is 36.4 Å². The Labute approximate surface area is 141 Å². The van der Waals surface area contributed by atoms with Crippen molar-refractivity contribution in [2.24, 2.45) is 11.8 Å². The number of amides is 1. The molecule has 3 rings (SSSR count). The van der Waals surface area contributed by atoms with E-state index in [0.29, 0.717) is 18.9 Å². The highest BCUT2D eigenvalue weighted by Gasteiger charge is 2.46. The summed E-state index contributed by atoms with van der Waals surface area (Å²) in [6.45, 7) is 1.51. The maximum absolute atomic E-state index is 12.7. The normalized spacial score (nSPS) is 26.8. The molecule has 23 heavy (non-hydrogen) atoms. The minimum Gasteiger partial charge on any atom is -0.481 e.